The molecule has 2 atom stereocenters. The van der Waals surface area contributed by atoms with Crippen molar-refractivity contribution in [1.29, 1.82) is 0 Å². The summed E-state index contributed by atoms with van der Waals surface area (Å²) in [5.41, 5.74) is 2.36. The fourth-order valence-corrected chi connectivity index (χ4v) is 2.79. The second kappa shape index (κ2) is 11.1. The fraction of sp³-hybridized carbons (Fsp3) is 0.478. The largest absolute Gasteiger partial charge is 0.370 e. The number of unbranched alkanes of at least 4 members (excludes halogenated alkanes) is 1. The van der Waals surface area contributed by atoms with Gasteiger partial charge in [0.05, 0.1) is 0 Å². The van der Waals surface area contributed by atoms with E-state index < -0.39 is 0 Å². The van der Waals surface area contributed by atoms with Gasteiger partial charge in [0.2, 0.25) is 0 Å². The third-order valence-corrected chi connectivity index (χ3v) is 4.32. The van der Waals surface area contributed by atoms with E-state index in [1.54, 1.807) is 0 Å². The smallest absolute Gasteiger partial charge is 0.113 e. The van der Waals surface area contributed by atoms with E-state index in [9.17, 15) is 0 Å². The number of ether oxygens (including phenoxy) is 2. The molecule has 2 rings (SSSR count). The molecule has 2 aromatic rings. The zero-order chi connectivity index (χ0) is 17.9. The molecular formula is C23H32O2. The zero-order valence-electron chi connectivity index (χ0n) is 15.9. The second-order valence-electron chi connectivity index (χ2n) is 6.94. The first-order valence-electron chi connectivity index (χ1n) is 9.55. The minimum atomic E-state index is -0.0841. The summed E-state index contributed by atoms with van der Waals surface area (Å²) < 4.78 is 12.7. The molecule has 2 unspecified atom stereocenters. The molecule has 0 spiro atoms. The first kappa shape index (κ1) is 19.7. The first-order valence-corrected chi connectivity index (χ1v) is 9.55. The molecule has 0 aliphatic heterocycles. The van der Waals surface area contributed by atoms with Crippen LogP contribution in [0.1, 0.15) is 63.4 Å². The van der Waals surface area contributed by atoms with Gasteiger partial charge in [-0.25, -0.2) is 0 Å². The molecule has 0 saturated carbocycles. The Balaban J connectivity index is 2.24. The summed E-state index contributed by atoms with van der Waals surface area (Å²) in [6.07, 6.45) is 3.09. The van der Waals surface area contributed by atoms with Crippen LogP contribution in [0.3, 0.4) is 0 Å². The zero-order valence-corrected chi connectivity index (χ0v) is 15.9. The van der Waals surface area contributed by atoms with Crippen LogP contribution in [0.15, 0.2) is 60.7 Å². The van der Waals surface area contributed by atoms with E-state index in [0.29, 0.717) is 5.92 Å². The highest BCUT2D eigenvalue weighted by Gasteiger charge is 2.26. The highest BCUT2D eigenvalue weighted by Crippen LogP contribution is 2.35. The van der Waals surface area contributed by atoms with Gasteiger partial charge in [0, 0.05) is 13.2 Å². The molecule has 0 bridgehead atoms. The van der Waals surface area contributed by atoms with Gasteiger partial charge < -0.3 is 9.47 Å². The van der Waals surface area contributed by atoms with Crippen LogP contribution in [0, 0.1) is 5.92 Å². The summed E-state index contributed by atoms with van der Waals surface area (Å²) >= 11 is 0. The molecule has 0 amide bonds. The van der Waals surface area contributed by atoms with E-state index in [1.165, 1.54) is 11.1 Å². The Bertz CT molecular complexity index is 565. The third-order valence-electron chi connectivity index (χ3n) is 4.32. The summed E-state index contributed by atoms with van der Waals surface area (Å²) in [5.74, 6) is 0.632. The van der Waals surface area contributed by atoms with Crippen molar-refractivity contribution in [1.82, 2.24) is 0 Å². The Kier molecular flexibility index (Phi) is 8.71. The Morgan fingerprint density at radius 2 is 1.20 bits per heavy atom. The lowest BCUT2D eigenvalue weighted by Crippen LogP contribution is -2.19. The van der Waals surface area contributed by atoms with Crippen molar-refractivity contribution >= 4 is 0 Å². The Morgan fingerprint density at radius 3 is 1.64 bits per heavy atom. The van der Waals surface area contributed by atoms with Crippen molar-refractivity contribution in [2.45, 2.75) is 52.2 Å². The first-order chi connectivity index (χ1) is 12.2. The summed E-state index contributed by atoms with van der Waals surface area (Å²) in [4.78, 5) is 0. The van der Waals surface area contributed by atoms with E-state index in [2.05, 4.69) is 69.3 Å². The number of hydrogen-bond donors (Lipinski definition) is 0. The standard InChI is InChI=1S/C23H32O2/c1-4-5-17-24-22(20-12-8-6-9-13-20)23(25-18-16-19(2)3)21-14-10-7-11-15-21/h6-15,19,22-23H,4-5,16-18H2,1-3H3. The van der Waals surface area contributed by atoms with Gasteiger partial charge in [-0.3, -0.25) is 0 Å². The van der Waals surface area contributed by atoms with Crippen LogP contribution in [0.4, 0.5) is 0 Å². The Labute approximate surface area is 153 Å². The van der Waals surface area contributed by atoms with E-state index >= 15 is 0 Å². The summed E-state index contributed by atoms with van der Waals surface area (Å²) in [7, 11) is 0. The van der Waals surface area contributed by atoms with Crippen LogP contribution < -0.4 is 0 Å². The van der Waals surface area contributed by atoms with Crippen molar-refractivity contribution in [2.24, 2.45) is 5.92 Å². The molecule has 0 aliphatic carbocycles. The van der Waals surface area contributed by atoms with Gasteiger partial charge >= 0.3 is 0 Å². The minimum absolute atomic E-state index is 0.0812. The highest BCUT2D eigenvalue weighted by atomic mass is 16.5. The number of benzene rings is 2. The Hall–Kier alpha value is -1.64. The SMILES string of the molecule is CCCCOC(c1ccccc1)C(OCCC(C)C)c1ccccc1. The van der Waals surface area contributed by atoms with Gasteiger partial charge in [-0.05, 0) is 29.9 Å². The van der Waals surface area contributed by atoms with Gasteiger partial charge in [0.1, 0.15) is 12.2 Å². The fourth-order valence-electron chi connectivity index (χ4n) is 2.79. The molecule has 0 aromatic heterocycles. The maximum atomic E-state index is 6.36. The molecule has 25 heavy (non-hydrogen) atoms. The van der Waals surface area contributed by atoms with E-state index in [-0.39, 0.29) is 12.2 Å². The number of rotatable bonds is 11. The van der Waals surface area contributed by atoms with Crippen LogP contribution in [0.25, 0.3) is 0 Å². The monoisotopic (exact) mass is 340 g/mol. The van der Waals surface area contributed by atoms with Gasteiger partial charge in [-0.15, -0.1) is 0 Å². The predicted molar refractivity (Wildman–Crippen MR) is 105 cm³/mol. The molecule has 0 saturated heterocycles. The molecule has 0 N–H and O–H groups in total. The van der Waals surface area contributed by atoms with E-state index in [0.717, 1.165) is 32.5 Å². The summed E-state index contributed by atoms with van der Waals surface area (Å²) in [6.45, 7) is 8.15. The van der Waals surface area contributed by atoms with Gasteiger partial charge in [0.25, 0.3) is 0 Å². The molecule has 0 aliphatic rings. The maximum Gasteiger partial charge on any atom is 0.113 e. The quantitative estimate of drug-likeness (QED) is 0.444. The van der Waals surface area contributed by atoms with Crippen LogP contribution in [-0.2, 0) is 9.47 Å². The Morgan fingerprint density at radius 1 is 0.720 bits per heavy atom. The normalized spacial score (nSPS) is 13.8. The lowest BCUT2D eigenvalue weighted by atomic mass is 9.97. The molecule has 0 radical (unpaired) electrons. The molecule has 2 aromatic carbocycles. The van der Waals surface area contributed by atoms with E-state index in [1.807, 2.05) is 12.1 Å². The van der Waals surface area contributed by atoms with Crippen molar-refractivity contribution in [3.63, 3.8) is 0 Å². The topological polar surface area (TPSA) is 18.5 Å². The summed E-state index contributed by atoms with van der Waals surface area (Å²) in [6, 6.07) is 20.9. The average molecular weight is 341 g/mol. The predicted octanol–water partition coefficient (Wildman–Crippen LogP) is 6.35. The third kappa shape index (κ3) is 6.64. The second-order valence-corrected chi connectivity index (χ2v) is 6.94. The molecule has 136 valence electrons. The van der Waals surface area contributed by atoms with Crippen LogP contribution in [0.5, 0.6) is 0 Å². The molecule has 0 heterocycles. The average Bonchev–Trinajstić information content (AvgIpc) is 2.64. The lowest BCUT2D eigenvalue weighted by Gasteiger charge is -2.29. The van der Waals surface area contributed by atoms with Crippen molar-refractivity contribution in [2.75, 3.05) is 13.2 Å². The van der Waals surface area contributed by atoms with Crippen molar-refractivity contribution < 1.29 is 9.47 Å². The number of hydrogen-bond acceptors (Lipinski definition) is 2. The van der Waals surface area contributed by atoms with Gasteiger partial charge in [0.15, 0.2) is 0 Å². The molecule has 2 heteroatoms. The molecular weight excluding hydrogens is 308 g/mol. The van der Waals surface area contributed by atoms with Crippen LogP contribution in [-0.4, -0.2) is 13.2 Å². The maximum absolute atomic E-state index is 6.36. The van der Waals surface area contributed by atoms with Crippen LogP contribution >= 0.6 is 0 Å². The van der Waals surface area contributed by atoms with Gasteiger partial charge in [-0.1, -0.05) is 87.9 Å². The van der Waals surface area contributed by atoms with Crippen molar-refractivity contribution in [3.8, 4) is 0 Å². The van der Waals surface area contributed by atoms with Crippen LogP contribution in [0.2, 0.25) is 0 Å². The van der Waals surface area contributed by atoms with E-state index in [4.69, 9.17) is 9.47 Å². The molecule has 2 nitrogen and oxygen atoms in total. The highest BCUT2D eigenvalue weighted by molar-refractivity contribution is 5.25. The molecule has 0 fully saturated rings. The van der Waals surface area contributed by atoms with Crippen molar-refractivity contribution in [3.05, 3.63) is 71.8 Å². The van der Waals surface area contributed by atoms with Gasteiger partial charge in [-0.2, -0.15) is 0 Å². The summed E-state index contributed by atoms with van der Waals surface area (Å²) in [5, 5.41) is 0. The lowest BCUT2D eigenvalue weighted by molar-refractivity contribution is -0.0808. The minimum Gasteiger partial charge on any atom is -0.370 e.